The quantitative estimate of drug-likeness (QED) is 0.166. The highest BCUT2D eigenvalue weighted by molar-refractivity contribution is 6.21. The zero-order valence-corrected chi connectivity index (χ0v) is 28.9. The fourth-order valence-corrected chi connectivity index (χ4v) is 9.09. The van der Waals surface area contributed by atoms with Crippen LogP contribution in [-0.4, -0.2) is 0 Å². The van der Waals surface area contributed by atoms with Gasteiger partial charge in [0, 0.05) is 33.2 Å². The molecule has 1 aliphatic rings. The first-order valence-electron chi connectivity index (χ1n) is 18.1. The van der Waals surface area contributed by atoms with E-state index in [-0.39, 0.29) is 5.41 Å². The molecule has 51 heavy (non-hydrogen) atoms. The fourth-order valence-electron chi connectivity index (χ4n) is 9.09. The molecule has 0 atom stereocenters. The molecule has 0 unspecified atom stereocenters. The van der Waals surface area contributed by atoms with Crippen molar-refractivity contribution in [1.29, 1.82) is 0 Å². The van der Waals surface area contributed by atoms with Crippen LogP contribution in [0.25, 0.3) is 65.7 Å². The van der Waals surface area contributed by atoms with Gasteiger partial charge < -0.3 is 9.32 Å². The lowest BCUT2D eigenvalue weighted by atomic mass is 9.74. The predicted molar refractivity (Wildman–Crippen MR) is 216 cm³/mol. The Kier molecular flexibility index (Phi) is 6.69. The van der Waals surface area contributed by atoms with Gasteiger partial charge in [-0.1, -0.05) is 129 Å². The number of furan rings is 1. The van der Waals surface area contributed by atoms with Gasteiger partial charge in [-0.15, -0.1) is 0 Å². The van der Waals surface area contributed by atoms with E-state index in [0.29, 0.717) is 0 Å². The van der Waals surface area contributed by atoms with Crippen LogP contribution in [0.2, 0.25) is 0 Å². The molecular weight excluding hydrogens is 619 g/mol. The van der Waals surface area contributed by atoms with E-state index in [1.165, 1.54) is 54.9 Å². The molecule has 0 bridgehead atoms. The predicted octanol–water partition coefficient (Wildman–Crippen LogP) is 14.1. The molecule has 1 aromatic heterocycles. The summed E-state index contributed by atoms with van der Waals surface area (Å²) in [6.07, 6.45) is 2.11. The summed E-state index contributed by atoms with van der Waals surface area (Å²) < 4.78 is 6.43. The summed E-state index contributed by atoms with van der Waals surface area (Å²) in [6.45, 7) is 4.69. The normalized spacial score (nSPS) is 13.2. The third-order valence-corrected chi connectivity index (χ3v) is 11.5. The SMILES string of the molecule is CCC1(CC)c2ccccc2-c2ccc(N(c3ccccc3)c3cc(-c4cccc5oc6ccccc6c45)c4c(ccc5ccccc54)c3)cc21. The zero-order valence-electron chi connectivity index (χ0n) is 28.9. The van der Waals surface area contributed by atoms with Crippen molar-refractivity contribution in [3.05, 3.63) is 175 Å². The van der Waals surface area contributed by atoms with Crippen LogP contribution < -0.4 is 4.90 Å². The standard InChI is InChI=1S/C49H37NO/c1-3-49(4-2)43-22-12-10-19-38(43)39-28-27-35(31-44(39)49)50(34-16-6-5-7-17-34)36-29-33-26-25-32-15-8-9-18-37(32)47(33)42(30-36)40-21-14-24-46-48(40)41-20-11-13-23-45(41)51-46/h5-31H,3-4H2,1-2H3. The molecule has 0 aliphatic heterocycles. The molecule has 0 spiro atoms. The maximum absolute atomic E-state index is 6.43. The zero-order chi connectivity index (χ0) is 34.1. The molecule has 8 aromatic carbocycles. The summed E-state index contributed by atoms with van der Waals surface area (Å²) in [6, 6.07) is 60.0. The van der Waals surface area contributed by atoms with Crippen molar-refractivity contribution in [2.75, 3.05) is 4.90 Å². The van der Waals surface area contributed by atoms with E-state index in [1.54, 1.807) is 0 Å². The molecule has 0 amide bonds. The van der Waals surface area contributed by atoms with E-state index in [1.807, 2.05) is 6.07 Å². The van der Waals surface area contributed by atoms with Gasteiger partial charge >= 0.3 is 0 Å². The van der Waals surface area contributed by atoms with Crippen LogP contribution in [0.15, 0.2) is 168 Å². The van der Waals surface area contributed by atoms with Gasteiger partial charge in [0.25, 0.3) is 0 Å². The Balaban J connectivity index is 1.28. The van der Waals surface area contributed by atoms with E-state index in [9.17, 15) is 0 Å². The van der Waals surface area contributed by atoms with E-state index >= 15 is 0 Å². The number of rotatable bonds is 6. The third-order valence-electron chi connectivity index (χ3n) is 11.5. The Bertz CT molecular complexity index is 2790. The molecule has 244 valence electrons. The smallest absolute Gasteiger partial charge is 0.136 e. The molecule has 10 rings (SSSR count). The summed E-state index contributed by atoms with van der Waals surface area (Å²) in [4.78, 5) is 2.45. The van der Waals surface area contributed by atoms with Crippen molar-refractivity contribution in [1.82, 2.24) is 0 Å². The van der Waals surface area contributed by atoms with E-state index in [2.05, 4.69) is 176 Å². The van der Waals surface area contributed by atoms with Gasteiger partial charge in [-0.25, -0.2) is 0 Å². The molecule has 1 aliphatic carbocycles. The lowest BCUT2D eigenvalue weighted by molar-refractivity contribution is 0.490. The Labute approximate surface area is 298 Å². The second-order valence-corrected chi connectivity index (χ2v) is 13.9. The Morgan fingerprint density at radius 1 is 0.431 bits per heavy atom. The van der Waals surface area contributed by atoms with Crippen molar-refractivity contribution >= 4 is 60.5 Å². The highest BCUT2D eigenvalue weighted by Crippen LogP contribution is 2.54. The van der Waals surface area contributed by atoms with Crippen LogP contribution in [0, 0.1) is 0 Å². The van der Waals surface area contributed by atoms with Gasteiger partial charge in [-0.05, 0) is 116 Å². The van der Waals surface area contributed by atoms with E-state index < -0.39 is 0 Å². The van der Waals surface area contributed by atoms with Gasteiger partial charge in [0.1, 0.15) is 11.2 Å². The van der Waals surface area contributed by atoms with E-state index in [4.69, 9.17) is 4.42 Å². The molecule has 0 N–H and O–H groups in total. The van der Waals surface area contributed by atoms with Gasteiger partial charge in [-0.2, -0.15) is 0 Å². The molecule has 1 heterocycles. The number of nitrogens with zero attached hydrogens (tertiary/aromatic N) is 1. The maximum atomic E-state index is 6.43. The number of benzene rings is 8. The van der Waals surface area contributed by atoms with Crippen LogP contribution >= 0.6 is 0 Å². The average Bonchev–Trinajstić information content (AvgIpc) is 3.71. The minimum absolute atomic E-state index is 0.0181. The monoisotopic (exact) mass is 655 g/mol. The Morgan fingerprint density at radius 3 is 1.98 bits per heavy atom. The fraction of sp³-hybridized carbons (Fsp3) is 0.102. The van der Waals surface area contributed by atoms with Crippen LogP contribution in [-0.2, 0) is 5.41 Å². The molecule has 2 nitrogen and oxygen atoms in total. The second kappa shape index (κ2) is 11.5. The summed E-state index contributed by atoms with van der Waals surface area (Å²) in [5.74, 6) is 0. The summed E-state index contributed by atoms with van der Waals surface area (Å²) in [5.41, 5.74) is 13.2. The number of para-hydroxylation sites is 2. The van der Waals surface area contributed by atoms with Gasteiger partial charge in [0.15, 0.2) is 0 Å². The molecule has 0 radical (unpaired) electrons. The first-order chi connectivity index (χ1) is 25.2. The number of hydrogen-bond acceptors (Lipinski definition) is 2. The lowest BCUT2D eigenvalue weighted by Crippen LogP contribution is -2.23. The topological polar surface area (TPSA) is 16.4 Å². The van der Waals surface area contributed by atoms with Gasteiger partial charge in [0.05, 0.1) is 0 Å². The van der Waals surface area contributed by atoms with Gasteiger partial charge in [0.2, 0.25) is 0 Å². The minimum Gasteiger partial charge on any atom is -0.456 e. The van der Waals surface area contributed by atoms with Crippen molar-refractivity contribution in [3.8, 4) is 22.3 Å². The van der Waals surface area contributed by atoms with Crippen molar-refractivity contribution in [3.63, 3.8) is 0 Å². The third kappa shape index (κ3) is 4.36. The second-order valence-electron chi connectivity index (χ2n) is 13.9. The first-order valence-corrected chi connectivity index (χ1v) is 18.1. The molecule has 0 fully saturated rings. The van der Waals surface area contributed by atoms with Crippen LogP contribution in [0.4, 0.5) is 17.1 Å². The number of fused-ring (bicyclic) bond motifs is 9. The van der Waals surface area contributed by atoms with E-state index in [0.717, 1.165) is 51.8 Å². The lowest BCUT2D eigenvalue weighted by Gasteiger charge is -2.32. The minimum atomic E-state index is -0.0181. The summed E-state index contributed by atoms with van der Waals surface area (Å²) in [5, 5.41) is 7.22. The highest BCUT2D eigenvalue weighted by Gasteiger charge is 2.40. The molecule has 2 heteroatoms. The molecule has 9 aromatic rings. The number of hydrogen-bond donors (Lipinski definition) is 0. The van der Waals surface area contributed by atoms with Gasteiger partial charge in [-0.3, -0.25) is 0 Å². The van der Waals surface area contributed by atoms with Crippen LogP contribution in [0.5, 0.6) is 0 Å². The average molecular weight is 656 g/mol. The Hall–Kier alpha value is -6.12. The largest absolute Gasteiger partial charge is 0.456 e. The maximum Gasteiger partial charge on any atom is 0.136 e. The van der Waals surface area contributed by atoms with Crippen molar-refractivity contribution < 1.29 is 4.42 Å². The summed E-state index contributed by atoms with van der Waals surface area (Å²) in [7, 11) is 0. The Morgan fingerprint density at radius 2 is 1.12 bits per heavy atom. The van der Waals surface area contributed by atoms with Crippen LogP contribution in [0.3, 0.4) is 0 Å². The molecule has 0 saturated carbocycles. The first kappa shape index (κ1) is 29.8. The summed E-state index contributed by atoms with van der Waals surface area (Å²) >= 11 is 0. The highest BCUT2D eigenvalue weighted by atomic mass is 16.3. The molecule has 0 saturated heterocycles. The van der Waals surface area contributed by atoms with Crippen molar-refractivity contribution in [2.45, 2.75) is 32.1 Å². The van der Waals surface area contributed by atoms with Crippen molar-refractivity contribution in [2.24, 2.45) is 0 Å². The van der Waals surface area contributed by atoms with Crippen LogP contribution in [0.1, 0.15) is 37.8 Å². The number of anilines is 3. The molecular formula is C49H37NO.